The first-order valence-electron chi connectivity index (χ1n) is 15.9. The molecule has 0 bridgehead atoms. The van der Waals surface area contributed by atoms with Crippen molar-refractivity contribution in [3.8, 4) is 11.5 Å². The highest BCUT2D eigenvalue weighted by Crippen LogP contribution is 2.40. The van der Waals surface area contributed by atoms with Gasteiger partial charge in [-0.2, -0.15) is 0 Å². The first kappa shape index (κ1) is 33.9. The van der Waals surface area contributed by atoms with E-state index in [2.05, 4.69) is 15.6 Å². The van der Waals surface area contributed by atoms with Gasteiger partial charge in [-0.3, -0.25) is 9.78 Å². The van der Waals surface area contributed by atoms with Gasteiger partial charge in [-0.25, -0.2) is 4.79 Å². The molecule has 2 N–H and O–H groups in total. The van der Waals surface area contributed by atoms with Crippen LogP contribution in [0.3, 0.4) is 0 Å². The van der Waals surface area contributed by atoms with Crippen LogP contribution < -0.4 is 20.1 Å². The van der Waals surface area contributed by atoms with E-state index in [1.165, 1.54) is 0 Å². The quantitative estimate of drug-likeness (QED) is 0.289. The summed E-state index contributed by atoms with van der Waals surface area (Å²) in [7, 11) is 1.55. The Labute approximate surface area is 281 Å². The minimum Gasteiger partial charge on any atom is -0.493 e. The average molecular weight is 671 g/mol. The van der Waals surface area contributed by atoms with Crippen molar-refractivity contribution in [2.45, 2.75) is 77.0 Å². The fourth-order valence-electron chi connectivity index (χ4n) is 6.39. The molecule has 248 valence electrons. The summed E-state index contributed by atoms with van der Waals surface area (Å²) in [4.78, 5) is 32.3. The number of para-hydroxylation sites is 1. The molecule has 3 aliphatic rings. The van der Waals surface area contributed by atoms with Crippen molar-refractivity contribution in [2.24, 2.45) is 5.92 Å². The summed E-state index contributed by atoms with van der Waals surface area (Å²) < 4.78 is 23.1. The van der Waals surface area contributed by atoms with Crippen LogP contribution in [0.1, 0.15) is 58.4 Å². The Bertz CT molecular complexity index is 1480. The molecule has 0 radical (unpaired) electrons. The molecule has 0 spiro atoms. The number of anilines is 1. The van der Waals surface area contributed by atoms with Gasteiger partial charge in [0.25, 0.3) is 5.91 Å². The maximum Gasteiger partial charge on any atom is 0.410 e. The maximum atomic E-state index is 13.4. The second-order valence-corrected chi connectivity index (χ2v) is 13.7. The molecule has 1 saturated heterocycles. The number of rotatable bonds is 10. The second-order valence-electron chi connectivity index (χ2n) is 12.9. The Kier molecular flexibility index (Phi) is 11.1. The molecular weight excluding hydrogens is 628 g/mol. The van der Waals surface area contributed by atoms with Crippen molar-refractivity contribution in [1.29, 1.82) is 0 Å². The first-order chi connectivity index (χ1) is 22.0. The number of ether oxygens (including phenoxy) is 4. The number of methoxy groups -OCH3 is 1. The molecule has 3 heterocycles. The van der Waals surface area contributed by atoms with E-state index in [-0.39, 0.29) is 36.7 Å². The van der Waals surface area contributed by atoms with Crippen LogP contribution in [-0.4, -0.2) is 78.0 Å². The number of fused-ring (bicyclic) bond motifs is 1. The lowest BCUT2D eigenvalue weighted by atomic mass is 9.82. The van der Waals surface area contributed by atoms with Crippen LogP contribution in [0.25, 0.3) is 0 Å². The van der Waals surface area contributed by atoms with Crippen LogP contribution >= 0.6 is 23.8 Å². The number of aryl methyl sites for hydroxylation is 1. The summed E-state index contributed by atoms with van der Waals surface area (Å²) in [6.07, 6.45) is 8.12. The predicted molar refractivity (Wildman–Crippen MR) is 181 cm³/mol. The van der Waals surface area contributed by atoms with Crippen LogP contribution in [0.15, 0.2) is 47.8 Å². The van der Waals surface area contributed by atoms with Gasteiger partial charge in [0.15, 0.2) is 5.75 Å². The van der Waals surface area contributed by atoms with Gasteiger partial charge in [0.1, 0.15) is 29.0 Å². The van der Waals surface area contributed by atoms with Crippen molar-refractivity contribution in [1.82, 2.24) is 15.2 Å². The van der Waals surface area contributed by atoms with Crippen LogP contribution in [0.2, 0.25) is 5.02 Å². The number of hydrogen-bond donors (Lipinski definition) is 2. The van der Waals surface area contributed by atoms with Crippen LogP contribution in [0.4, 0.5) is 10.5 Å². The highest BCUT2D eigenvalue weighted by atomic mass is 35.5. The number of halogens is 1. The highest BCUT2D eigenvalue weighted by molar-refractivity contribution is 7.81. The number of carbonyl (C=O) groups is 2. The van der Waals surface area contributed by atoms with E-state index in [1.54, 1.807) is 30.5 Å². The minimum atomic E-state index is -0.561. The first-order valence-corrected chi connectivity index (χ1v) is 16.7. The third-order valence-corrected chi connectivity index (χ3v) is 9.06. The highest BCUT2D eigenvalue weighted by Gasteiger charge is 2.39. The molecule has 12 heteroatoms. The fraction of sp³-hybridized carbons (Fsp3) is 0.529. The molecule has 1 aliphatic carbocycles. The van der Waals surface area contributed by atoms with Crippen molar-refractivity contribution < 1.29 is 28.5 Å². The van der Waals surface area contributed by atoms with E-state index in [0.717, 1.165) is 49.7 Å². The van der Waals surface area contributed by atoms with E-state index in [0.29, 0.717) is 52.5 Å². The normalized spacial score (nSPS) is 21.4. The molecule has 0 unspecified atom stereocenters. The molecule has 10 nitrogen and oxygen atoms in total. The van der Waals surface area contributed by atoms with Crippen molar-refractivity contribution in [2.75, 3.05) is 38.7 Å². The third-order valence-electron chi connectivity index (χ3n) is 8.45. The minimum absolute atomic E-state index is 0.130. The Morgan fingerprint density at radius 2 is 2.07 bits per heavy atom. The van der Waals surface area contributed by atoms with Gasteiger partial charge in [0.2, 0.25) is 0 Å². The summed E-state index contributed by atoms with van der Waals surface area (Å²) in [6, 6.07) is 7.47. The lowest BCUT2D eigenvalue weighted by molar-refractivity contribution is -0.118. The number of amides is 2. The molecule has 2 fully saturated rings. The van der Waals surface area contributed by atoms with Crippen molar-refractivity contribution in [3.05, 3.63) is 58.4 Å². The number of hydrogen-bond acceptors (Lipinski definition) is 8. The number of aromatic nitrogens is 1. The number of morpholine rings is 1. The van der Waals surface area contributed by atoms with E-state index in [9.17, 15) is 9.59 Å². The number of nitrogens with one attached hydrogen (secondary N) is 2. The number of thiocarbonyl (C=S) groups is 1. The van der Waals surface area contributed by atoms with E-state index in [4.69, 9.17) is 42.8 Å². The maximum absolute atomic E-state index is 13.4. The second kappa shape index (κ2) is 15.0. The zero-order valence-electron chi connectivity index (χ0n) is 26.9. The molecular formula is C34H43ClN4O6S. The summed E-state index contributed by atoms with van der Waals surface area (Å²) in [6.45, 7) is 7.13. The Morgan fingerprint density at radius 1 is 1.24 bits per heavy atom. The van der Waals surface area contributed by atoms with Gasteiger partial charge in [-0.1, -0.05) is 36.3 Å². The smallest absolute Gasteiger partial charge is 0.410 e. The molecule has 1 aromatic heterocycles. The molecule has 1 saturated carbocycles. The van der Waals surface area contributed by atoms with Gasteiger partial charge in [0.05, 0.1) is 42.7 Å². The van der Waals surface area contributed by atoms with E-state index in [1.807, 2.05) is 39.0 Å². The number of carbonyl (C=O) groups excluding carboxylic acids is 2. The summed E-state index contributed by atoms with van der Waals surface area (Å²) in [5, 5.41) is 6.88. The molecule has 1 aromatic carbocycles. The molecule has 3 atom stereocenters. The number of benzene rings is 1. The molecule has 2 aromatic rings. The van der Waals surface area contributed by atoms with E-state index >= 15 is 0 Å². The monoisotopic (exact) mass is 670 g/mol. The van der Waals surface area contributed by atoms with Crippen molar-refractivity contribution in [3.63, 3.8) is 0 Å². The molecule has 46 heavy (non-hydrogen) atoms. The molecule has 2 amide bonds. The summed E-state index contributed by atoms with van der Waals surface area (Å²) >= 11 is 12.2. The predicted octanol–water partition coefficient (Wildman–Crippen LogP) is 6.12. The summed E-state index contributed by atoms with van der Waals surface area (Å²) in [5.41, 5.74) is 2.70. The Hall–Kier alpha value is -3.41. The lowest BCUT2D eigenvalue weighted by Crippen LogP contribution is -2.49. The number of nitrogens with zero attached hydrogens (tertiary/aromatic N) is 2. The van der Waals surface area contributed by atoms with Crippen LogP contribution in [0, 0.1) is 5.92 Å². The van der Waals surface area contributed by atoms with Gasteiger partial charge in [-0.15, -0.1) is 0 Å². The summed E-state index contributed by atoms with van der Waals surface area (Å²) in [5.74, 6) is 1.26. The van der Waals surface area contributed by atoms with Gasteiger partial charge in [0, 0.05) is 24.7 Å². The zero-order chi connectivity index (χ0) is 32.8. The Balaban J connectivity index is 1.25. The van der Waals surface area contributed by atoms with Gasteiger partial charge < -0.3 is 34.5 Å². The Morgan fingerprint density at radius 3 is 2.85 bits per heavy atom. The third kappa shape index (κ3) is 8.29. The average Bonchev–Trinajstić information content (AvgIpc) is 3.48. The zero-order valence-corrected chi connectivity index (χ0v) is 28.5. The number of pyridine rings is 1. The van der Waals surface area contributed by atoms with Crippen LogP contribution in [-0.2, 0) is 20.7 Å². The van der Waals surface area contributed by atoms with Gasteiger partial charge in [-0.05, 0) is 82.2 Å². The fourth-order valence-corrected chi connectivity index (χ4v) is 6.98. The largest absolute Gasteiger partial charge is 0.493 e. The SMILES string of the molecule is COc1c(Cl)cccc1NC(=S)C1=C(CCCc2ccncc2OC[C@@H]2CN(C(=O)OC(C)(C)C)CCO2)[C@H]2CCC[C@H]2NC1=O. The van der Waals surface area contributed by atoms with Crippen LogP contribution in [0.5, 0.6) is 11.5 Å². The molecule has 5 rings (SSSR count). The van der Waals surface area contributed by atoms with Crippen molar-refractivity contribution >= 4 is 46.5 Å². The lowest BCUT2D eigenvalue weighted by Gasteiger charge is -2.34. The topological polar surface area (TPSA) is 111 Å². The van der Waals surface area contributed by atoms with E-state index < -0.39 is 5.60 Å². The molecule has 2 aliphatic heterocycles. The standard InChI is InChI=1S/C34H43ClN4O6S/c1-34(2,3)45-33(41)39-16-17-43-22(19-39)20-44-28-18-36-15-14-21(28)8-5-10-24-23-9-6-12-26(23)37-31(40)29(24)32(46)38-27-13-7-11-25(35)30(27)42-4/h7,11,13-15,18,22-23,26H,5-6,8-10,12,16-17,19-20H2,1-4H3,(H,37,40)(H,38,46)/t22-,23+,26+/m0/s1. The van der Waals surface area contributed by atoms with Gasteiger partial charge >= 0.3 is 6.09 Å².